The molecule has 4 heterocycles. The van der Waals surface area contributed by atoms with Crippen molar-refractivity contribution in [3.63, 3.8) is 0 Å². The zero-order chi connectivity index (χ0) is 47.6. The van der Waals surface area contributed by atoms with Crippen molar-refractivity contribution in [3.05, 3.63) is 51.9 Å². The molecule has 17 heteroatoms. The largest absolute Gasteiger partial charge is 0.382 e. The molecule has 4 aromatic rings. The van der Waals surface area contributed by atoms with E-state index in [1.165, 1.54) is 34.8 Å². The van der Waals surface area contributed by atoms with E-state index in [0.29, 0.717) is 149 Å². The number of hydrogen-bond donors (Lipinski definition) is 0. The third-order valence-corrected chi connectivity index (χ3v) is 24.4. The summed E-state index contributed by atoms with van der Waals surface area (Å²) in [4.78, 5) is 7.28. The molecule has 374 valence electrons. The van der Waals surface area contributed by atoms with E-state index >= 15 is 0 Å². The van der Waals surface area contributed by atoms with Gasteiger partial charge < -0.3 is 56.8 Å². The van der Waals surface area contributed by atoms with Gasteiger partial charge in [0.05, 0.1) is 142 Å². The van der Waals surface area contributed by atoms with Gasteiger partial charge in [-0.3, -0.25) is 0 Å². The van der Waals surface area contributed by atoms with Gasteiger partial charge >= 0.3 is 0 Å². The van der Waals surface area contributed by atoms with Crippen LogP contribution in [0.5, 0.6) is 0 Å². The van der Waals surface area contributed by atoms with Crippen molar-refractivity contribution in [1.29, 1.82) is 0 Å². The average molecular weight is 1020 g/mol. The van der Waals surface area contributed by atoms with Gasteiger partial charge in [-0.05, 0) is 73.0 Å². The average Bonchev–Trinajstić information content (AvgIpc) is 4.11. The van der Waals surface area contributed by atoms with Crippen LogP contribution in [0.1, 0.15) is 63.8 Å². The van der Waals surface area contributed by atoms with E-state index in [4.69, 9.17) is 56.8 Å². The van der Waals surface area contributed by atoms with Crippen LogP contribution >= 0.6 is 45.3 Å². The lowest BCUT2D eigenvalue weighted by Crippen LogP contribution is -2.55. The standard InChI is InChI=1S/C49H78O12S4Si/c1-36(2)66(37(3)4,38(5)6)49-42(35-61-27-23-57-19-15-53-10)31-45(65-49)48-41(34-60-26-22-56-18-14-52-9)30-44(64-48)47-40(33-59-25-21-55-17-13-51-8)29-43(63-47)46-39(11-28-62-46)32-58-24-20-54-16-12-50-7/h11,28-31,36-38H,12-27,32-35H2,1-10H3. The zero-order valence-corrected chi connectivity index (χ0v) is 45.6. The molecule has 0 spiro atoms. The van der Waals surface area contributed by atoms with Crippen molar-refractivity contribution in [3.8, 4) is 29.3 Å². The highest BCUT2D eigenvalue weighted by atomic mass is 32.1. The Labute approximate surface area is 412 Å². The number of ether oxygens (including phenoxy) is 12. The normalized spacial score (nSPS) is 12.3. The van der Waals surface area contributed by atoms with Crippen molar-refractivity contribution < 1.29 is 56.8 Å². The second-order valence-corrected chi connectivity index (χ2v) is 27.0. The van der Waals surface area contributed by atoms with E-state index < -0.39 is 8.07 Å². The van der Waals surface area contributed by atoms with Crippen LogP contribution in [0.15, 0.2) is 29.6 Å². The summed E-state index contributed by atoms with van der Waals surface area (Å²) in [5, 5.41) is 2.15. The Morgan fingerprint density at radius 1 is 0.379 bits per heavy atom. The van der Waals surface area contributed by atoms with E-state index in [-0.39, 0.29) is 0 Å². The molecule has 0 unspecified atom stereocenters. The molecule has 0 fully saturated rings. The molecule has 0 radical (unpaired) electrons. The molecule has 0 saturated carbocycles. The third kappa shape index (κ3) is 17.4. The summed E-state index contributed by atoms with van der Waals surface area (Å²) in [7, 11) is 4.65. The summed E-state index contributed by atoms with van der Waals surface area (Å²) < 4.78 is 70.2. The van der Waals surface area contributed by atoms with Gasteiger partial charge in [-0.2, -0.15) is 0 Å². The second kappa shape index (κ2) is 32.4. The molecule has 0 aliphatic heterocycles. The van der Waals surface area contributed by atoms with Crippen LogP contribution in [0.3, 0.4) is 0 Å². The van der Waals surface area contributed by atoms with E-state index in [9.17, 15) is 0 Å². The molecule has 0 N–H and O–H groups in total. The van der Waals surface area contributed by atoms with Gasteiger partial charge in [0, 0.05) is 47.9 Å². The van der Waals surface area contributed by atoms with E-state index in [1.807, 2.05) is 34.0 Å². The quantitative estimate of drug-likeness (QED) is 0.0313. The van der Waals surface area contributed by atoms with Crippen LogP contribution in [0.4, 0.5) is 0 Å². The summed E-state index contributed by atoms with van der Waals surface area (Å²) in [6.07, 6.45) is 0. The Bertz CT molecular complexity index is 1850. The molecule has 0 saturated heterocycles. The Balaban J connectivity index is 1.76. The maximum Gasteiger partial charge on any atom is 0.108 e. The summed E-state index contributed by atoms with van der Waals surface area (Å²) >= 11 is 7.38. The second-order valence-electron chi connectivity index (χ2n) is 16.7. The van der Waals surface area contributed by atoms with Crippen molar-refractivity contribution in [1.82, 2.24) is 0 Å². The minimum Gasteiger partial charge on any atom is -0.382 e. The van der Waals surface area contributed by atoms with Crippen molar-refractivity contribution in [2.24, 2.45) is 0 Å². The van der Waals surface area contributed by atoms with Crippen molar-refractivity contribution in [2.45, 2.75) is 84.6 Å². The van der Waals surface area contributed by atoms with Crippen molar-refractivity contribution >= 4 is 57.9 Å². The lowest BCUT2D eigenvalue weighted by atomic mass is 10.1. The van der Waals surface area contributed by atoms with Crippen LogP contribution in [0.2, 0.25) is 16.6 Å². The Morgan fingerprint density at radius 2 is 0.697 bits per heavy atom. The number of thiophene rings is 4. The molecule has 66 heavy (non-hydrogen) atoms. The first kappa shape index (κ1) is 57.1. The molecule has 0 bridgehead atoms. The Morgan fingerprint density at radius 3 is 1.09 bits per heavy atom. The molecule has 12 nitrogen and oxygen atoms in total. The van der Waals surface area contributed by atoms with Gasteiger partial charge in [-0.15, -0.1) is 45.3 Å². The van der Waals surface area contributed by atoms with E-state index in [0.717, 1.165) is 16.7 Å². The molecular weight excluding hydrogens is 937 g/mol. The summed E-state index contributed by atoms with van der Waals surface area (Å²) in [5.41, 5.74) is 6.39. The molecule has 0 aromatic carbocycles. The van der Waals surface area contributed by atoms with E-state index in [1.54, 1.807) is 44.3 Å². The first-order chi connectivity index (χ1) is 32.1. The smallest absolute Gasteiger partial charge is 0.108 e. The number of methoxy groups -OCH3 is 4. The number of rotatable bonds is 39. The summed E-state index contributed by atoms with van der Waals surface area (Å²) in [6, 6.07) is 9.22. The Hall–Kier alpha value is -1.46. The molecule has 0 aliphatic rings. The minimum absolute atomic E-state index is 0.457. The summed E-state index contributed by atoms with van der Waals surface area (Å²) in [5.74, 6) is 0. The fourth-order valence-electron chi connectivity index (χ4n) is 8.36. The van der Waals surface area contributed by atoms with Crippen molar-refractivity contribution in [2.75, 3.05) is 134 Å². The van der Waals surface area contributed by atoms with Crippen LogP contribution < -0.4 is 4.50 Å². The highest BCUT2D eigenvalue weighted by Gasteiger charge is 2.47. The molecule has 0 aliphatic carbocycles. The van der Waals surface area contributed by atoms with Crippen LogP contribution in [0.25, 0.3) is 29.3 Å². The molecule has 0 amide bonds. The van der Waals surface area contributed by atoms with E-state index in [2.05, 4.69) is 71.2 Å². The zero-order valence-electron chi connectivity index (χ0n) is 41.3. The Kier molecular flexibility index (Phi) is 28.1. The lowest BCUT2D eigenvalue weighted by Gasteiger charge is -2.43. The third-order valence-electron chi connectivity index (χ3n) is 11.3. The van der Waals surface area contributed by atoms with Gasteiger partial charge in [-0.1, -0.05) is 41.5 Å². The lowest BCUT2D eigenvalue weighted by molar-refractivity contribution is 0.0200. The van der Waals surface area contributed by atoms with Gasteiger partial charge in [-0.25, -0.2) is 0 Å². The highest BCUT2D eigenvalue weighted by Crippen LogP contribution is 2.49. The predicted octanol–water partition coefficient (Wildman–Crippen LogP) is 10.5. The SMILES string of the molecule is COCCOCCOCc1ccsc1-c1cc(COCCOCCOC)c(-c2cc(COCCOCCOC)c(-c3cc(COCCOCCOC)c([Si](C(C)C)(C(C)C)C(C)C)s3)s2)s1. The van der Waals surface area contributed by atoms with Gasteiger partial charge in [0.25, 0.3) is 0 Å². The first-order valence-corrected chi connectivity index (χ1v) is 28.7. The van der Waals surface area contributed by atoms with Gasteiger partial charge in [0.15, 0.2) is 0 Å². The summed E-state index contributed by atoms with van der Waals surface area (Å²) in [6.45, 7) is 25.1. The van der Waals surface area contributed by atoms with Gasteiger partial charge in [0.1, 0.15) is 8.07 Å². The van der Waals surface area contributed by atoms with Crippen LogP contribution in [-0.2, 0) is 83.3 Å². The number of hydrogen-bond acceptors (Lipinski definition) is 16. The molecule has 0 atom stereocenters. The monoisotopic (exact) mass is 1010 g/mol. The van der Waals surface area contributed by atoms with Gasteiger partial charge in [0.2, 0.25) is 0 Å². The molecular formula is C49H78O12S4Si. The van der Waals surface area contributed by atoms with Crippen LogP contribution in [-0.4, -0.2) is 142 Å². The molecule has 4 aromatic heterocycles. The highest BCUT2D eigenvalue weighted by molar-refractivity contribution is 7.33. The first-order valence-electron chi connectivity index (χ1n) is 23.2. The maximum atomic E-state index is 6.41. The fraction of sp³-hybridized carbons (Fsp3) is 0.673. The fourth-order valence-corrected chi connectivity index (χ4v) is 22.4. The predicted molar refractivity (Wildman–Crippen MR) is 274 cm³/mol. The maximum absolute atomic E-state index is 6.41. The topological polar surface area (TPSA) is 111 Å². The van der Waals surface area contributed by atoms with Crippen LogP contribution in [0, 0.1) is 0 Å². The molecule has 4 rings (SSSR count). The minimum atomic E-state index is -2.08.